The summed E-state index contributed by atoms with van der Waals surface area (Å²) in [6.45, 7) is 0. The molecule has 11 nitrogen and oxygen atoms in total. The highest BCUT2D eigenvalue weighted by molar-refractivity contribution is 6.12. The summed E-state index contributed by atoms with van der Waals surface area (Å²) in [5.74, 6) is 2.79. The van der Waals surface area contributed by atoms with Crippen LogP contribution in [-0.4, -0.2) is 56.4 Å². The molecular weight excluding hydrogens is 490 g/mol. The van der Waals surface area contributed by atoms with Gasteiger partial charge in [0, 0.05) is 17.2 Å². The molecule has 0 saturated heterocycles. The van der Waals surface area contributed by atoms with Gasteiger partial charge in [-0.25, -0.2) is 10.1 Å². The van der Waals surface area contributed by atoms with Crippen molar-refractivity contribution in [3.63, 3.8) is 0 Å². The Morgan fingerprint density at radius 1 is 0.816 bits per heavy atom. The zero-order valence-corrected chi connectivity index (χ0v) is 21.6. The van der Waals surface area contributed by atoms with E-state index in [1.165, 1.54) is 21.3 Å². The normalized spacial score (nSPS) is 11.0. The number of H-pyrrole nitrogens is 1. The number of hydrogen-bond acceptors (Lipinski definition) is 10. The van der Waals surface area contributed by atoms with Crippen LogP contribution in [0.25, 0.3) is 11.4 Å². The predicted octanol–water partition coefficient (Wildman–Crippen LogP) is 3.74. The van der Waals surface area contributed by atoms with Crippen LogP contribution in [0.1, 0.15) is 11.3 Å². The van der Waals surface area contributed by atoms with Crippen molar-refractivity contribution in [2.75, 3.05) is 41.0 Å². The summed E-state index contributed by atoms with van der Waals surface area (Å²) in [6.07, 6.45) is 0. The molecule has 4 rings (SSSR count). The summed E-state index contributed by atoms with van der Waals surface area (Å²) in [6, 6.07) is 17.7. The zero-order valence-electron chi connectivity index (χ0n) is 21.6. The number of hydrazone groups is 1. The van der Waals surface area contributed by atoms with E-state index in [-0.39, 0.29) is 11.4 Å². The first-order valence-corrected chi connectivity index (χ1v) is 11.4. The molecule has 0 bridgehead atoms. The summed E-state index contributed by atoms with van der Waals surface area (Å²) < 4.78 is 27.0. The molecule has 3 aromatic carbocycles. The zero-order chi connectivity index (χ0) is 27.1. The van der Waals surface area contributed by atoms with Gasteiger partial charge >= 0.3 is 0 Å². The van der Waals surface area contributed by atoms with Crippen LogP contribution < -0.4 is 34.7 Å². The third kappa shape index (κ3) is 5.51. The van der Waals surface area contributed by atoms with Crippen molar-refractivity contribution in [1.29, 1.82) is 0 Å². The van der Waals surface area contributed by atoms with Gasteiger partial charge in [-0.2, -0.15) is 10.2 Å². The van der Waals surface area contributed by atoms with E-state index >= 15 is 0 Å². The minimum Gasteiger partial charge on any atom is -0.497 e. The van der Waals surface area contributed by atoms with Gasteiger partial charge in [0.25, 0.3) is 5.56 Å². The van der Waals surface area contributed by atoms with Gasteiger partial charge in [-0.3, -0.25) is 10.2 Å². The molecule has 1 aromatic heterocycles. The Morgan fingerprint density at radius 2 is 1.50 bits per heavy atom. The smallest absolute Gasteiger partial charge is 0.292 e. The molecule has 0 saturated carbocycles. The van der Waals surface area contributed by atoms with Crippen molar-refractivity contribution in [2.45, 2.75) is 0 Å². The molecule has 0 atom stereocenters. The van der Waals surface area contributed by atoms with Crippen LogP contribution >= 0.6 is 0 Å². The van der Waals surface area contributed by atoms with Crippen molar-refractivity contribution < 1.29 is 23.7 Å². The fraction of sp³-hybridized carbons (Fsp3) is 0.185. The molecule has 11 heteroatoms. The number of aromatic nitrogens is 3. The Hall–Kier alpha value is -5.06. The highest BCUT2D eigenvalue weighted by atomic mass is 16.5. The molecule has 0 unspecified atom stereocenters. The van der Waals surface area contributed by atoms with Crippen LogP contribution in [0.4, 0.5) is 5.69 Å². The second-order valence-corrected chi connectivity index (χ2v) is 7.78. The van der Waals surface area contributed by atoms with Gasteiger partial charge < -0.3 is 23.7 Å². The maximum Gasteiger partial charge on any atom is 0.292 e. The number of rotatable bonds is 10. The number of benzene rings is 3. The van der Waals surface area contributed by atoms with Crippen molar-refractivity contribution >= 4 is 11.4 Å². The summed E-state index contributed by atoms with van der Waals surface area (Å²) in [5, 5.41) is 11.2. The number of anilines is 1. The van der Waals surface area contributed by atoms with E-state index in [0.29, 0.717) is 51.4 Å². The van der Waals surface area contributed by atoms with Crippen LogP contribution in [0, 0.1) is 0 Å². The Balaban J connectivity index is 1.89. The van der Waals surface area contributed by atoms with E-state index in [9.17, 15) is 4.79 Å². The Morgan fingerprint density at radius 3 is 2.11 bits per heavy atom. The van der Waals surface area contributed by atoms with E-state index in [1.807, 2.05) is 18.2 Å². The van der Waals surface area contributed by atoms with Crippen LogP contribution in [-0.2, 0) is 0 Å². The first-order valence-electron chi connectivity index (χ1n) is 11.4. The summed E-state index contributed by atoms with van der Waals surface area (Å²) >= 11 is 0. The van der Waals surface area contributed by atoms with Gasteiger partial charge in [0.1, 0.15) is 17.2 Å². The van der Waals surface area contributed by atoms with E-state index in [4.69, 9.17) is 23.7 Å². The molecule has 0 radical (unpaired) electrons. The van der Waals surface area contributed by atoms with Crippen molar-refractivity contribution in [2.24, 2.45) is 5.10 Å². The molecule has 0 aliphatic carbocycles. The molecule has 38 heavy (non-hydrogen) atoms. The van der Waals surface area contributed by atoms with Gasteiger partial charge in [-0.1, -0.05) is 6.07 Å². The van der Waals surface area contributed by atoms with Gasteiger partial charge in [0.05, 0.1) is 41.2 Å². The fourth-order valence-corrected chi connectivity index (χ4v) is 3.65. The van der Waals surface area contributed by atoms with Crippen molar-refractivity contribution in [3.8, 4) is 40.1 Å². The summed E-state index contributed by atoms with van der Waals surface area (Å²) in [7, 11) is 7.68. The SMILES string of the molecule is COc1ccc(-c2n[nH]c(=O)c(/C(=N/Nc3cccc(OC)c3)c3cc(OC)c(OC)c(OC)c3)n2)cc1. The maximum absolute atomic E-state index is 13.0. The lowest BCUT2D eigenvalue weighted by Crippen LogP contribution is -2.24. The lowest BCUT2D eigenvalue weighted by Gasteiger charge is -2.15. The number of nitrogens with zero attached hydrogens (tertiary/aromatic N) is 3. The minimum atomic E-state index is -0.540. The van der Waals surface area contributed by atoms with E-state index in [2.05, 4.69) is 25.7 Å². The second-order valence-electron chi connectivity index (χ2n) is 7.78. The lowest BCUT2D eigenvalue weighted by molar-refractivity contribution is 0.324. The third-order valence-electron chi connectivity index (χ3n) is 5.57. The minimum absolute atomic E-state index is 0.0236. The quantitative estimate of drug-likeness (QED) is 0.239. The molecule has 196 valence electrons. The topological polar surface area (TPSA) is 129 Å². The first kappa shape index (κ1) is 26.0. The second kappa shape index (κ2) is 11.8. The van der Waals surface area contributed by atoms with E-state index < -0.39 is 5.56 Å². The van der Waals surface area contributed by atoms with Crippen LogP contribution in [0.2, 0.25) is 0 Å². The molecule has 0 aliphatic rings. The molecule has 0 aliphatic heterocycles. The number of nitrogens with one attached hydrogen (secondary N) is 2. The Labute approximate surface area is 219 Å². The van der Waals surface area contributed by atoms with Gasteiger partial charge in [0.15, 0.2) is 23.0 Å². The van der Waals surface area contributed by atoms with E-state index in [1.54, 1.807) is 56.7 Å². The first-order chi connectivity index (χ1) is 18.5. The van der Waals surface area contributed by atoms with Crippen molar-refractivity contribution in [3.05, 3.63) is 82.3 Å². The number of ether oxygens (including phenoxy) is 5. The van der Waals surface area contributed by atoms with Crippen LogP contribution in [0.5, 0.6) is 28.7 Å². The van der Waals surface area contributed by atoms with Crippen LogP contribution in [0.15, 0.2) is 70.6 Å². The molecule has 2 N–H and O–H groups in total. The molecule has 0 spiro atoms. The molecule has 4 aromatic rings. The Bertz CT molecular complexity index is 1480. The average molecular weight is 518 g/mol. The van der Waals surface area contributed by atoms with Gasteiger partial charge in [0.2, 0.25) is 5.75 Å². The monoisotopic (exact) mass is 517 g/mol. The number of hydrogen-bond donors (Lipinski definition) is 2. The van der Waals surface area contributed by atoms with Crippen LogP contribution in [0.3, 0.4) is 0 Å². The fourth-order valence-electron chi connectivity index (χ4n) is 3.65. The number of methoxy groups -OCH3 is 5. The molecule has 0 amide bonds. The highest BCUT2D eigenvalue weighted by Gasteiger charge is 2.21. The lowest BCUT2D eigenvalue weighted by atomic mass is 10.1. The summed E-state index contributed by atoms with van der Waals surface area (Å²) in [4.78, 5) is 17.6. The molecule has 0 fully saturated rings. The molecular formula is C27H27N5O6. The van der Waals surface area contributed by atoms with Gasteiger partial charge in [-0.05, 0) is 48.5 Å². The predicted molar refractivity (Wildman–Crippen MR) is 143 cm³/mol. The third-order valence-corrected chi connectivity index (χ3v) is 5.57. The van der Waals surface area contributed by atoms with Gasteiger partial charge in [-0.15, -0.1) is 0 Å². The highest BCUT2D eigenvalue weighted by Crippen LogP contribution is 2.38. The Kier molecular flexibility index (Phi) is 8.07. The largest absolute Gasteiger partial charge is 0.497 e. The maximum atomic E-state index is 13.0. The van der Waals surface area contributed by atoms with E-state index in [0.717, 1.165) is 0 Å². The molecule has 1 heterocycles. The standard InChI is InChI=1S/C27H27N5O6/c1-34-19-11-9-16(10-12-19)26-28-24(27(33)32-31-26)23(30-29-18-7-6-8-20(15-18)35-2)17-13-21(36-3)25(38-5)22(14-17)37-4/h6-15,29H,1-5H3,(H,32,33)/b30-23+. The number of aromatic amines is 1. The summed E-state index contributed by atoms with van der Waals surface area (Å²) in [5.41, 5.74) is 4.48. The van der Waals surface area contributed by atoms with Crippen molar-refractivity contribution in [1.82, 2.24) is 15.2 Å². The average Bonchev–Trinajstić information content (AvgIpc) is 2.97.